The van der Waals surface area contributed by atoms with Gasteiger partial charge < -0.3 is 10.1 Å². The van der Waals surface area contributed by atoms with Crippen molar-refractivity contribution in [2.75, 3.05) is 11.9 Å². The van der Waals surface area contributed by atoms with Crippen molar-refractivity contribution in [1.29, 1.82) is 0 Å². The average Bonchev–Trinajstić information content (AvgIpc) is 2.67. The van der Waals surface area contributed by atoms with Gasteiger partial charge in [-0.15, -0.1) is 0 Å². The second-order valence-electron chi connectivity index (χ2n) is 5.32. The number of hydrogen-bond acceptors (Lipinski definition) is 4. The number of benzene rings is 2. The molecule has 2 N–H and O–H groups in total. The van der Waals surface area contributed by atoms with E-state index in [4.69, 9.17) is 4.74 Å². The van der Waals surface area contributed by atoms with E-state index < -0.39 is 0 Å². The van der Waals surface area contributed by atoms with Crippen LogP contribution in [0.4, 0.5) is 5.69 Å². The number of hydrazone groups is 1. The van der Waals surface area contributed by atoms with Crippen LogP contribution >= 0.6 is 0 Å². The van der Waals surface area contributed by atoms with Crippen molar-refractivity contribution >= 4 is 23.7 Å². The van der Waals surface area contributed by atoms with E-state index >= 15 is 0 Å². The number of amides is 2. The Hall–Kier alpha value is -3.41. The largest absolute Gasteiger partial charge is 0.489 e. The monoisotopic (exact) mass is 351 g/mol. The maximum atomic E-state index is 12.1. The molecule has 2 amide bonds. The highest BCUT2D eigenvalue weighted by Gasteiger charge is 2.05. The molecule has 2 aromatic carbocycles. The summed E-state index contributed by atoms with van der Waals surface area (Å²) in [6.07, 6.45) is 3.57. The average molecular weight is 351 g/mol. The Kier molecular flexibility index (Phi) is 7.12. The predicted molar refractivity (Wildman–Crippen MR) is 103 cm³/mol. The molecule has 0 fully saturated rings. The van der Waals surface area contributed by atoms with Crippen LogP contribution < -0.4 is 15.5 Å². The first-order valence-electron chi connectivity index (χ1n) is 8.20. The van der Waals surface area contributed by atoms with E-state index in [1.165, 1.54) is 6.21 Å². The smallest absolute Gasteiger partial charge is 0.271 e. The zero-order chi connectivity index (χ0) is 18.8. The lowest BCUT2D eigenvalue weighted by molar-refractivity contribution is -0.115. The Balaban J connectivity index is 1.97. The highest BCUT2D eigenvalue weighted by Crippen LogP contribution is 2.15. The van der Waals surface area contributed by atoms with Crippen molar-refractivity contribution in [3.05, 3.63) is 72.3 Å². The molecular weight excluding hydrogens is 330 g/mol. The zero-order valence-corrected chi connectivity index (χ0v) is 14.6. The van der Waals surface area contributed by atoms with Crippen LogP contribution in [0.25, 0.3) is 0 Å². The number of nitrogens with zero attached hydrogens (tertiary/aromatic N) is 1. The Morgan fingerprint density at radius 2 is 1.88 bits per heavy atom. The topological polar surface area (TPSA) is 79.8 Å². The van der Waals surface area contributed by atoms with Crippen molar-refractivity contribution in [2.45, 2.75) is 13.3 Å². The minimum absolute atomic E-state index is 0.0795. The number of carbonyl (C=O) groups excluding carboxylic acids is 2. The van der Waals surface area contributed by atoms with E-state index in [9.17, 15) is 9.59 Å². The Morgan fingerprint density at radius 3 is 2.58 bits per heavy atom. The highest BCUT2D eigenvalue weighted by molar-refractivity contribution is 5.96. The molecule has 2 aromatic rings. The summed E-state index contributed by atoms with van der Waals surface area (Å²) in [6.45, 7) is 5.77. The summed E-state index contributed by atoms with van der Waals surface area (Å²) >= 11 is 0. The van der Waals surface area contributed by atoms with Crippen LogP contribution in [-0.2, 0) is 4.79 Å². The SMILES string of the molecule is C=CCOc1ccccc1/C=N/NC(=O)c1ccc(NC(=O)CC)cc1. The van der Waals surface area contributed by atoms with Gasteiger partial charge in [0.1, 0.15) is 12.4 Å². The van der Waals surface area contributed by atoms with Crippen molar-refractivity contribution < 1.29 is 14.3 Å². The summed E-state index contributed by atoms with van der Waals surface area (Å²) in [7, 11) is 0. The predicted octanol–water partition coefficient (Wildman–Crippen LogP) is 3.36. The van der Waals surface area contributed by atoms with E-state index in [1.807, 2.05) is 24.3 Å². The highest BCUT2D eigenvalue weighted by atomic mass is 16.5. The maximum Gasteiger partial charge on any atom is 0.271 e. The molecule has 0 bridgehead atoms. The molecule has 0 aromatic heterocycles. The van der Waals surface area contributed by atoms with Crippen LogP contribution in [0.3, 0.4) is 0 Å². The van der Waals surface area contributed by atoms with Gasteiger partial charge in [-0.3, -0.25) is 9.59 Å². The summed E-state index contributed by atoms with van der Waals surface area (Å²) in [5.74, 6) is 0.227. The van der Waals surface area contributed by atoms with Gasteiger partial charge in [0.05, 0.1) is 6.21 Å². The molecule has 0 heterocycles. The number of nitrogens with one attached hydrogen (secondary N) is 2. The van der Waals surface area contributed by atoms with E-state index in [-0.39, 0.29) is 11.8 Å². The van der Waals surface area contributed by atoms with E-state index in [1.54, 1.807) is 37.3 Å². The fraction of sp³-hybridized carbons (Fsp3) is 0.150. The minimum Gasteiger partial charge on any atom is -0.489 e. The van der Waals surface area contributed by atoms with Gasteiger partial charge in [-0.05, 0) is 36.4 Å². The van der Waals surface area contributed by atoms with Crippen LogP contribution in [0.5, 0.6) is 5.75 Å². The summed E-state index contributed by atoms with van der Waals surface area (Å²) in [4.78, 5) is 23.5. The third-order valence-corrected chi connectivity index (χ3v) is 3.40. The quantitative estimate of drug-likeness (QED) is 0.435. The number of hydrogen-bond donors (Lipinski definition) is 2. The fourth-order valence-electron chi connectivity index (χ4n) is 2.05. The van der Waals surface area contributed by atoms with Crippen molar-refractivity contribution in [1.82, 2.24) is 5.43 Å². The van der Waals surface area contributed by atoms with E-state index in [0.717, 1.165) is 5.56 Å². The lowest BCUT2D eigenvalue weighted by Crippen LogP contribution is -2.17. The van der Waals surface area contributed by atoms with Gasteiger partial charge in [0.15, 0.2) is 0 Å². The van der Waals surface area contributed by atoms with Crippen LogP contribution in [0.2, 0.25) is 0 Å². The summed E-state index contributed by atoms with van der Waals surface area (Å²) in [6, 6.07) is 13.9. The van der Waals surface area contributed by atoms with E-state index in [0.29, 0.717) is 30.0 Å². The number of rotatable bonds is 8. The molecule has 0 spiro atoms. The van der Waals surface area contributed by atoms with Gasteiger partial charge in [-0.1, -0.05) is 31.7 Å². The Bertz CT molecular complexity index is 798. The molecule has 0 radical (unpaired) electrons. The molecule has 0 atom stereocenters. The molecule has 6 heteroatoms. The van der Waals surface area contributed by atoms with Crippen molar-refractivity contribution in [2.24, 2.45) is 5.10 Å². The van der Waals surface area contributed by atoms with Gasteiger partial charge in [0.2, 0.25) is 5.91 Å². The summed E-state index contributed by atoms with van der Waals surface area (Å²) in [5.41, 5.74) is 4.29. The fourth-order valence-corrected chi connectivity index (χ4v) is 2.05. The molecule has 26 heavy (non-hydrogen) atoms. The van der Waals surface area contributed by atoms with Crippen molar-refractivity contribution in [3.63, 3.8) is 0 Å². The Labute approximate surface area is 152 Å². The number of para-hydroxylation sites is 1. The third-order valence-electron chi connectivity index (χ3n) is 3.40. The first-order chi connectivity index (χ1) is 12.6. The second kappa shape index (κ2) is 9.78. The molecule has 0 aliphatic carbocycles. The molecule has 0 unspecified atom stereocenters. The normalized spacial score (nSPS) is 10.3. The molecule has 0 saturated carbocycles. The Morgan fingerprint density at radius 1 is 1.15 bits per heavy atom. The number of carbonyl (C=O) groups is 2. The number of anilines is 1. The summed E-state index contributed by atoms with van der Waals surface area (Å²) < 4.78 is 5.53. The lowest BCUT2D eigenvalue weighted by atomic mass is 10.2. The van der Waals surface area contributed by atoms with Gasteiger partial charge in [0, 0.05) is 23.2 Å². The third kappa shape index (κ3) is 5.59. The van der Waals surface area contributed by atoms with Gasteiger partial charge in [0.25, 0.3) is 5.91 Å². The first-order valence-corrected chi connectivity index (χ1v) is 8.20. The first kappa shape index (κ1) is 18.9. The standard InChI is InChI=1S/C20H21N3O3/c1-3-13-26-18-8-6-5-7-16(18)14-21-23-20(25)15-9-11-17(12-10-15)22-19(24)4-2/h3,5-12,14H,1,4,13H2,2H3,(H,22,24)(H,23,25)/b21-14+. The second-order valence-corrected chi connectivity index (χ2v) is 5.32. The molecule has 2 rings (SSSR count). The molecule has 0 aliphatic rings. The lowest BCUT2D eigenvalue weighted by Gasteiger charge is -2.06. The maximum absolute atomic E-state index is 12.1. The van der Waals surface area contributed by atoms with Gasteiger partial charge in [-0.2, -0.15) is 5.10 Å². The minimum atomic E-state index is -0.348. The molecular formula is C20H21N3O3. The van der Waals surface area contributed by atoms with Gasteiger partial charge >= 0.3 is 0 Å². The van der Waals surface area contributed by atoms with Crippen LogP contribution in [0.1, 0.15) is 29.3 Å². The molecule has 134 valence electrons. The van der Waals surface area contributed by atoms with Crippen molar-refractivity contribution in [3.8, 4) is 5.75 Å². The van der Waals surface area contributed by atoms with Crippen LogP contribution in [0.15, 0.2) is 66.3 Å². The zero-order valence-electron chi connectivity index (χ0n) is 14.6. The number of ether oxygens (including phenoxy) is 1. The molecule has 6 nitrogen and oxygen atoms in total. The summed E-state index contributed by atoms with van der Waals surface area (Å²) in [5, 5.41) is 6.69. The van der Waals surface area contributed by atoms with Crippen LogP contribution in [0, 0.1) is 0 Å². The molecule has 0 aliphatic heterocycles. The van der Waals surface area contributed by atoms with Crippen LogP contribution in [-0.4, -0.2) is 24.6 Å². The molecule has 0 saturated heterocycles. The van der Waals surface area contributed by atoms with E-state index in [2.05, 4.69) is 22.4 Å². The van der Waals surface area contributed by atoms with Gasteiger partial charge in [-0.25, -0.2) is 5.43 Å².